The average Bonchev–Trinajstić information content (AvgIpc) is 2.49. The Morgan fingerprint density at radius 3 is 2.14 bits per heavy atom. The molecule has 0 fully saturated rings. The summed E-state index contributed by atoms with van der Waals surface area (Å²) >= 11 is 0. The van der Waals surface area contributed by atoms with Crippen LogP contribution in [0, 0.1) is 10.1 Å². The van der Waals surface area contributed by atoms with Crippen LogP contribution in [0.3, 0.4) is 0 Å². The van der Waals surface area contributed by atoms with Crippen molar-refractivity contribution in [1.82, 2.24) is 0 Å². The van der Waals surface area contributed by atoms with Gasteiger partial charge < -0.3 is 10.4 Å². The Kier molecular flexibility index (Phi) is 4.33. The Morgan fingerprint density at radius 2 is 1.59 bits per heavy atom. The average molecular weight is 301 g/mol. The fraction of sp³-hybridized carbons (Fsp3) is 0. The van der Waals surface area contributed by atoms with Crippen LogP contribution >= 0.6 is 0 Å². The number of hydrogen-bond donors (Lipinski definition) is 3. The highest BCUT2D eigenvalue weighted by Crippen LogP contribution is 2.17. The van der Waals surface area contributed by atoms with Crippen LogP contribution in [0.25, 0.3) is 0 Å². The molecule has 3 N–H and O–H groups in total. The lowest BCUT2D eigenvalue weighted by Gasteiger charge is -2.06. The van der Waals surface area contributed by atoms with Crippen molar-refractivity contribution in [3.05, 3.63) is 64.2 Å². The van der Waals surface area contributed by atoms with E-state index in [1.807, 2.05) is 0 Å². The van der Waals surface area contributed by atoms with Gasteiger partial charge in [0.2, 0.25) is 0 Å². The van der Waals surface area contributed by atoms with Gasteiger partial charge in [0.1, 0.15) is 0 Å². The maximum Gasteiger partial charge on any atom is 0.409 e. The molecule has 0 atom stereocenters. The highest BCUT2D eigenvalue weighted by molar-refractivity contribution is 6.04. The maximum absolute atomic E-state index is 12.0. The van der Waals surface area contributed by atoms with Crippen molar-refractivity contribution in [2.24, 2.45) is 0 Å². The first-order valence-electron chi connectivity index (χ1n) is 6.11. The van der Waals surface area contributed by atoms with Crippen LogP contribution < -0.4 is 10.6 Å². The van der Waals surface area contributed by atoms with Crippen LogP contribution in [0.2, 0.25) is 0 Å². The number of carbonyl (C=O) groups is 2. The first kappa shape index (κ1) is 15.0. The molecule has 0 radical (unpaired) electrons. The second-order valence-electron chi connectivity index (χ2n) is 4.27. The summed E-state index contributed by atoms with van der Waals surface area (Å²) in [6.07, 6.45) is -1.19. The van der Waals surface area contributed by atoms with Crippen LogP contribution in [0.1, 0.15) is 10.4 Å². The van der Waals surface area contributed by atoms with E-state index in [2.05, 4.69) is 10.6 Å². The molecule has 112 valence electrons. The molecule has 0 bridgehead atoms. The molecule has 0 unspecified atom stereocenters. The van der Waals surface area contributed by atoms with Gasteiger partial charge in [-0.25, -0.2) is 4.79 Å². The SMILES string of the molecule is O=C(O)Nc1ccc(NC(=O)c2cccc([N+](=O)[O-])c2)cc1. The monoisotopic (exact) mass is 301 g/mol. The number of anilines is 2. The van der Waals surface area contributed by atoms with E-state index in [9.17, 15) is 19.7 Å². The highest BCUT2D eigenvalue weighted by atomic mass is 16.6. The lowest BCUT2D eigenvalue weighted by Crippen LogP contribution is -2.12. The Balaban J connectivity index is 2.10. The van der Waals surface area contributed by atoms with Gasteiger partial charge >= 0.3 is 6.09 Å². The van der Waals surface area contributed by atoms with Crippen molar-refractivity contribution >= 4 is 29.1 Å². The third-order valence-electron chi connectivity index (χ3n) is 2.71. The summed E-state index contributed by atoms with van der Waals surface area (Å²) in [6, 6.07) is 11.4. The van der Waals surface area contributed by atoms with E-state index >= 15 is 0 Å². The van der Waals surface area contributed by atoms with Crippen molar-refractivity contribution in [2.45, 2.75) is 0 Å². The van der Waals surface area contributed by atoms with Crippen molar-refractivity contribution in [2.75, 3.05) is 10.6 Å². The molecule has 8 heteroatoms. The molecule has 0 aromatic heterocycles. The number of nitro benzene ring substituents is 1. The molecule has 2 rings (SSSR count). The molecule has 0 aliphatic carbocycles. The fourth-order valence-electron chi connectivity index (χ4n) is 1.72. The molecule has 2 aromatic rings. The van der Waals surface area contributed by atoms with E-state index in [-0.39, 0.29) is 11.3 Å². The van der Waals surface area contributed by atoms with Gasteiger partial charge in [-0.2, -0.15) is 0 Å². The number of nitrogens with one attached hydrogen (secondary N) is 2. The topological polar surface area (TPSA) is 122 Å². The molecule has 22 heavy (non-hydrogen) atoms. The normalized spacial score (nSPS) is 9.82. The largest absolute Gasteiger partial charge is 0.465 e. The zero-order valence-electron chi connectivity index (χ0n) is 11.1. The minimum Gasteiger partial charge on any atom is -0.465 e. The molecule has 0 aliphatic rings. The minimum atomic E-state index is -1.19. The van der Waals surface area contributed by atoms with Crippen LogP contribution in [-0.4, -0.2) is 22.0 Å². The number of non-ortho nitro benzene ring substituents is 1. The zero-order valence-corrected chi connectivity index (χ0v) is 11.1. The van der Waals surface area contributed by atoms with Gasteiger partial charge in [-0.1, -0.05) is 6.07 Å². The first-order chi connectivity index (χ1) is 10.5. The lowest BCUT2D eigenvalue weighted by atomic mass is 10.2. The summed E-state index contributed by atoms with van der Waals surface area (Å²) in [7, 11) is 0. The first-order valence-corrected chi connectivity index (χ1v) is 6.11. The smallest absolute Gasteiger partial charge is 0.409 e. The summed E-state index contributed by atoms with van der Waals surface area (Å²) < 4.78 is 0. The molecule has 2 aromatic carbocycles. The Labute approximate surface area is 124 Å². The second kappa shape index (κ2) is 6.35. The summed E-state index contributed by atoms with van der Waals surface area (Å²) in [5.41, 5.74) is 0.781. The lowest BCUT2D eigenvalue weighted by molar-refractivity contribution is -0.384. The molecule has 0 saturated heterocycles. The standard InChI is InChI=1S/C14H11N3O5/c18-13(9-2-1-3-12(8-9)17(21)22)15-10-4-6-11(7-5-10)16-14(19)20/h1-8,16H,(H,15,18)(H,19,20). The number of amides is 2. The van der Waals surface area contributed by atoms with Crippen LogP contribution in [0.15, 0.2) is 48.5 Å². The Morgan fingerprint density at radius 1 is 1.00 bits per heavy atom. The van der Waals surface area contributed by atoms with Gasteiger partial charge in [-0.05, 0) is 30.3 Å². The van der Waals surface area contributed by atoms with E-state index in [1.54, 1.807) is 0 Å². The number of nitrogens with zero attached hydrogens (tertiary/aromatic N) is 1. The van der Waals surface area contributed by atoms with E-state index in [0.29, 0.717) is 11.4 Å². The van der Waals surface area contributed by atoms with Crippen molar-refractivity contribution in [3.63, 3.8) is 0 Å². The van der Waals surface area contributed by atoms with E-state index < -0.39 is 16.9 Å². The van der Waals surface area contributed by atoms with E-state index in [0.717, 1.165) is 0 Å². The van der Waals surface area contributed by atoms with E-state index in [4.69, 9.17) is 5.11 Å². The molecule has 2 amide bonds. The van der Waals surface area contributed by atoms with E-state index in [1.165, 1.54) is 48.5 Å². The summed E-state index contributed by atoms with van der Waals surface area (Å²) in [4.78, 5) is 32.6. The Bertz CT molecular complexity index is 728. The maximum atomic E-state index is 12.0. The van der Waals surface area contributed by atoms with Crippen molar-refractivity contribution in [1.29, 1.82) is 0 Å². The molecular weight excluding hydrogens is 290 g/mol. The van der Waals surface area contributed by atoms with Gasteiger partial charge in [0.25, 0.3) is 11.6 Å². The third-order valence-corrected chi connectivity index (χ3v) is 2.71. The fourth-order valence-corrected chi connectivity index (χ4v) is 1.72. The summed E-state index contributed by atoms with van der Waals surface area (Å²) in [6.45, 7) is 0. The van der Waals surface area contributed by atoms with Gasteiger partial charge in [0, 0.05) is 29.1 Å². The van der Waals surface area contributed by atoms with Crippen LogP contribution in [0.5, 0.6) is 0 Å². The predicted molar refractivity (Wildman–Crippen MR) is 79.1 cm³/mol. The molecule has 0 heterocycles. The second-order valence-corrected chi connectivity index (χ2v) is 4.27. The molecular formula is C14H11N3O5. The molecule has 8 nitrogen and oxygen atoms in total. The quantitative estimate of drug-likeness (QED) is 0.592. The highest BCUT2D eigenvalue weighted by Gasteiger charge is 2.11. The predicted octanol–water partition coefficient (Wildman–Crippen LogP) is 2.94. The summed E-state index contributed by atoms with van der Waals surface area (Å²) in [5, 5.41) is 24.0. The minimum absolute atomic E-state index is 0.155. The van der Waals surface area contributed by atoms with Gasteiger partial charge in [0.15, 0.2) is 0 Å². The van der Waals surface area contributed by atoms with Crippen molar-refractivity contribution in [3.8, 4) is 0 Å². The third kappa shape index (κ3) is 3.79. The summed E-state index contributed by atoms with van der Waals surface area (Å²) in [5.74, 6) is -0.498. The number of hydrogen-bond acceptors (Lipinski definition) is 4. The number of carbonyl (C=O) groups excluding carboxylic acids is 1. The van der Waals surface area contributed by atoms with Gasteiger partial charge in [-0.3, -0.25) is 20.2 Å². The van der Waals surface area contributed by atoms with Gasteiger partial charge in [0.05, 0.1) is 4.92 Å². The number of rotatable bonds is 4. The van der Waals surface area contributed by atoms with Crippen molar-refractivity contribution < 1.29 is 19.6 Å². The van der Waals surface area contributed by atoms with Crippen LogP contribution in [-0.2, 0) is 0 Å². The van der Waals surface area contributed by atoms with Gasteiger partial charge in [-0.15, -0.1) is 0 Å². The Hall–Kier alpha value is -3.42. The number of benzene rings is 2. The molecule has 0 saturated carbocycles. The number of carboxylic acid groups (broad SMARTS) is 1. The zero-order chi connectivity index (χ0) is 16.1. The molecule has 0 spiro atoms. The number of nitro groups is 1. The molecule has 0 aliphatic heterocycles. The van der Waals surface area contributed by atoms with Crippen LogP contribution in [0.4, 0.5) is 21.9 Å².